The Kier molecular flexibility index (Phi) is 4.87. The van der Waals surface area contributed by atoms with Gasteiger partial charge < -0.3 is 15.0 Å². The maximum Gasteiger partial charge on any atom is 0.227 e. The average molecular weight is 275 g/mol. The third-order valence-electron chi connectivity index (χ3n) is 3.06. The van der Waals surface area contributed by atoms with Crippen molar-refractivity contribution in [2.24, 2.45) is 5.73 Å². The Hall–Kier alpha value is -1.72. The number of rotatable bonds is 7. The average Bonchev–Trinajstić information content (AvgIpc) is 2.94. The fraction of sp³-hybridized carbons (Fsp3) is 0.467. The molecule has 0 saturated carbocycles. The molecule has 0 amide bonds. The van der Waals surface area contributed by atoms with E-state index in [4.69, 9.17) is 15.0 Å². The predicted molar refractivity (Wildman–Crippen MR) is 76.2 cm³/mol. The zero-order chi connectivity index (χ0) is 14.4. The normalized spacial score (nSPS) is 14.2. The van der Waals surface area contributed by atoms with Gasteiger partial charge in [0.15, 0.2) is 5.82 Å². The third-order valence-corrected chi connectivity index (χ3v) is 3.06. The van der Waals surface area contributed by atoms with Gasteiger partial charge in [-0.25, -0.2) is 0 Å². The lowest BCUT2D eigenvalue weighted by molar-refractivity contribution is 0.0962. The van der Waals surface area contributed by atoms with Crippen molar-refractivity contribution in [1.82, 2.24) is 10.1 Å². The summed E-state index contributed by atoms with van der Waals surface area (Å²) in [5.74, 6) is 1.10. The maximum atomic E-state index is 6.13. The molecule has 1 aromatic carbocycles. The first-order valence-electron chi connectivity index (χ1n) is 6.85. The largest absolute Gasteiger partial charge is 0.379 e. The van der Waals surface area contributed by atoms with E-state index < -0.39 is 5.54 Å². The van der Waals surface area contributed by atoms with E-state index in [9.17, 15) is 0 Å². The van der Waals surface area contributed by atoms with E-state index in [1.165, 1.54) is 5.56 Å². The Bertz CT molecular complexity index is 523. The van der Waals surface area contributed by atoms with Crippen LogP contribution in [-0.4, -0.2) is 23.4 Å². The number of ether oxygens (including phenoxy) is 1. The van der Waals surface area contributed by atoms with Crippen LogP contribution in [0.25, 0.3) is 0 Å². The Morgan fingerprint density at radius 3 is 2.70 bits per heavy atom. The summed E-state index contributed by atoms with van der Waals surface area (Å²) in [5, 5.41) is 3.96. The van der Waals surface area contributed by atoms with Gasteiger partial charge in [0.25, 0.3) is 0 Å². The Morgan fingerprint density at radius 1 is 1.25 bits per heavy atom. The molecule has 0 aliphatic rings. The predicted octanol–water partition coefficient (Wildman–Crippen LogP) is 2.07. The van der Waals surface area contributed by atoms with E-state index >= 15 is 0 Å². The second-order valence-electron chi connectivity index (χ2n) is 5.05. The quantitative estimate of drug-likeness (QED) is 0.837. The standard InChI is InChI=1S/C15H21N3O2/c1-3-19-11-15(2,16)14-17-13(20-18-14)10-9-12-7-5-4-6-8-12/h4-8H,3,9-11,16H2,1-2H3. The zero-order valence-electron chi connectivity index (χ0n) is 12.0. The van der Waals surface area contributed by atoms with Crippen LogP contribution in [0.15, 0.2) is 34.9 Å². The van der Waals surface area contributed by atoms with Crippen molar-refractivity contribution in [3.05, 3.63) is 47.6 Å². The highest BCUT2D eigenvalue weighted by atomic mass is 16.5. The highest BCUT2D eigenvalue weighted by Gasteiger charge is 2.27. The molecular weight excluding hydrogens is 254 g/mol. The SMILES string of the molecule is CCOCC(C)(N)c1noc(CCc2ccccc2)n1. The van der Waals surface area contributed by atoms with Crippen LogP contribution >= 0.6 is 0 Å². The van der Waals surface area contributed by atoms with Crippen molar-refractivity contribution in [1.29, 1.82) is 0 Å². The fourth-order valence-corrected chi connectivity index (χ4v) is 1.86. The summed E-state index contributed by atoms with van der Waals surface area (Å²) in [6, 6.07) is 10.2. The molecule has 5 nitrogen and oxygen atoms in total. The summed E-state index contributed by atoms with van der Waals surface area (Å²) in [5.41, 5.74) is 6.66. The van der Waals surface area contributed by atoms with Crippen molar-refractivity contribution in [3.8, 4) is 0 Å². The molecular formula is C15H21N3O2. The lowest BCUT2D eigenvalue weighted by Crippen LogP contribution is -2.39. The van der Waals surface area contributed by atoms with Crippen molar-refractivity contribution in [2.75, 3.05) is 13.2 Å². The van der Waals surface area contributed by atoms with Gasteiger partial charge in [-0.1, -0.05) is 35.5 Å². The summed E-state index contributed by atoms with van der Waals surface area (Å²) < 4.78 is 10.6. The molecule has 1 unspecified atom stereocenters. The number of nitrogens with zero attached hydrogens (tertiary/aromatic N) is 2. The van der Waals surface area contributed by atoms with Gasteiger partial charge >= 0.3 is 0 Å². The van der Waals surface area contributed by atoms with Gasteiger partial charge in [0, 0.05) is 13.0 Å². The number of aromatic nitrogens is 2. The van der Waals surface area contributed by atoms with Crippen molar-refractivity contribution < 1.29 is 9.26 Å². The third kappa shape index (κ3) is 3.88. The van der Waals surface area contributed by atoms with Gasteiger partial charge in [0.05, 0.1) is 6.61 Å². The van der Waals surface area contributed by atoms with E-state index in [1.807, 2.05) is 32.0 Å². The molecule has 5 heteroatoms. The molecule has 1 heterocycles. The molecule has 2 rings (SSSR count). The molecule has 20 heavy (non-hydrogen) atoms. The van der Waals surface area contributed by atoms with Crippen molar-refractivity contribution in [2.45, 2.75) is 32.2 Å². The first kappa shape index (κ1) is 14.7. The minimum absolute atomic E-state index is 0.376. The fourth-order valence-electron chi connectivity index (χ4n) is 1.86. The molecule has 2 N–H and O–H groups in total. The van der Waals surface area contributed by atoms with Crippen molar-refractivity contribution in [3.63, 3.8) is 0 Å². The minimum atomic E-state index is -0.718. The summed E-state index contributed by atoms with van der Waals surface area (Å²) in [7, 11) is 0. The molecule has 0 bridgehead atoms. The second kappa shape index (κ2) is 6.63. The molecule has 1 aromatic heterocycles. The molecule has 0 spiro atoms. The van der Waals surface area contributed by atoms with Gasteiger partial charge in [-0.3, -0.25) is 0 Å². The van der Waals surface area contributed by atoms with Gasteiger partial charge in [-0.2, -0.15) is 4.98 Å². The molecule has 0 saturated heterocycles. The number of aryl methyl sites for hydroxylation is 2. The van der Waals surface area contributed by atoms with E-state index in [0.29, 0.717) is 31.3 Å². The van der Waals surface area contributed by atoms with Crippen LogP contribution in [0.2, 0.25) is 0 Å². The van der Waals surface area contributed by atoms with Gasteiger partial charge in [0.1, 0.15) is 5.54 Å². The lowest BCUT2D eigenvalue weighted by atomic mass is 10.1. The Balaban J connectivity index is 1.95. The Labute approximate surface area is 119 Å². The first-order valence-corrected chi connectivity index (χ1v) is 6.85. The molecule has 1 atom stereocenters. The Morgan fingerprint density at radius 2 is 2.00 bits per heavy atom. The highest BCUT2D eigenvalue weighted by Crippen LogP contribution is 2.15. The minimum Gasteiger partial charge on any atom is -0.379 e. The summed E-state index contributed by atoms with van der Waals surface area (Å²) in [6.07, 6.45) is 1.58. The highest BCUT2D eigenvalue weighted by molar-refractivity contribution is 5.15. The van der Waals surface area contributed by atoms with E-state index in [0.717, 1.165) is 6.42 Å². The van der Waals surface area contributed by atoms with E-state index in [1.54, 1.807) is 0 Å². The van der Waals surface area contributed by atoms with Crippen LogP contribution in [0.1, 0.15) is 31.1 Å². The molecule has 2 aromatic rings. The van der Waals surface area contributed by atoms with Crippen LogP contribution in [0.3, 0.4) is 0 Å². The molecule has 0 fully saturated rings. The first-order chi connectivity index (χ1) is 9.62. The number of nitrogens with two attached hydrogens (primary N) is 1. The van der Waals surface area contributed by atoms with Gasteiger partial charge in [0.2, 0.25) is 5.89 Å². The van der Waals surface area contributed by atoms with E-state index in [-0.39, 0.29) is 0 Å². The molecule has 0 radical (unpaired) electrons. The molecule has 0 aliphatic carbocycles. The smallest absolute Gasteiger partial charge is 0.227 e. The molecule has 0 aliphatic heterocycles. The van der Waals surface area contributed by atoms with Gasteiger partial charge in [-0.15, -0.1) is 0 Å². The second-order valence-corrected chi connectivity index (χ2v) is 5.05. The van der Waals surface area contributed by atoms with Crippen molar-refractivity contribution >= 4 is 0 Å². The number of hydrogen-bond donors (Lipinski definition) is 1. The number of hydrogen-bond acceptors (Lipinski definition) is 5. The van der Waals surface area contributed by atoms with Gasteiger partial charge in [-0.05, 0) is 25.8 Å². The monoisotopic (exact) mass is 275 g/mol. The van der Waals surface area contributed by atoms with Crippen LogP contribution in [0.5, 0.6) is 0 Å². The van der Waals surface area contributed by atoms with E-state index in [2.05, 4.69) is 22.3 Å². The summed E-state index contributed by atoms with van der Waals surface area (Å²) in [4.78, 5) is 4.37. The topological polar surface area (TPSA) is 74.2 Å². The zero-order valence-corrected chi connectivity index (χ0v) is 12.0. The summed E-state index contributed by atoms with van der Waals surface area (Å²) >= 11 is 0. The van der Waals surface area contributed by atoms with Crippen LogP contribution in [-0.2, 0) is 23.1 Å². The van der Waals surface area contributed by atoms with Crippen LogP contribution in [0.4, 0.5) is 0 Å². The van der Waals surface area contributed by atoms with Crippen LogP contribution < -0.4 is 5.73 Å². The number of benzene rings is 1. The molecule has 108 valence electrons. The van der Waals surface area contributed by atoms with Crippen LogP contribution in [0, 0.1) is 0 Å². The maximum absolute atomic E-state index is 6.13. The lowest BCUT2D eigenvalue weighted by Gasteiger charge is -2.19. The summed E-state index contributed by atoms with van der Waals surface area (Å²) in [6.45, 7) is 4.76.